The van der Waals surface area contributed by atoms with E-state index in [1.54, 1.807) is 66.7 Å². The lowest BCUT2D eigenvalue weighted by molar-refractivity contribution is -0.114. The van der Waals surface area contributed by atoms with Gasteiger partial charge in [-0.1, -0.05) is 18.2 Å². The molecule has 0 radical (unpaired) electrons. The number of fused-ring (bicyclic) bond motifs is 1. The van der Waals surface area contributed by atoms with Gasteiger partial charge in [-0.2, -0.15) is 0 Å². The van der Waals surface area contributed by atoms with Gasteiger partial charge in [-0.25, -0.2) is 0 Å². The Kier molecular flexibility index (Phi) is 5.66. The first kappa shape index (κ1) is 20.2. The highest BCUT2D eigenvalue weighted by atomic mass is 16.6. The maximum atomic E-state index is 13.1. The van der Waals surface area contributed by atoms with E-state index in [0.29, 0.717) is 41.7 Å². The van der Waals surface area contributed by atoms with Gasteiger partial charge in [0.05, 0.1) is 5.56 Å². The minimum Gasteiger partial charge on any atom is -0.486 e. The van der Waals surface area contributed by atoms with E-state index >= 15 is 0 Å². The topological polar surface area (TPSA) is 93.7 Å². The lowest BCUT2D eigenvalue weighted by atomic mass is 9.97. The van der Waals surface area contributed by atoms with E-state index in [9.17, 15) is 14.4 Å². The summed E-state index contributed by atoms with van der Waals surface area (Å²) < 4.78 is 11.1. The van der Waals surface area contributed by atoms with Crippen LogP contribution in [0.1, 0.15) is 33.2 Å². The third-order valence-electron chi connectivity index (χ3n) is 4.68. The Bertz CT molecular complexity index is 1150. The van der Waals surface area contributed by atoms with Crippen molar-refractivity contribution in [3.8, 4) is 11.5 Å². The molecule has 7 heteroatoms. The molecular formula is C24H20N2O5. The average Bonchev–Trinajstić information content (AvgIpc) is 2.79. The van der Waals surface area contributed by atoms with Crippen LogP contribution >= 0.6 is 0 Å². The second kappa shape index (κ2) is 8.71. The molecule has 1 aliphatic rings. The molecule has 3 aromatic carbocycles. The minimum absolute atomic E-state index is 0.177. The van der Waals surface area contributed by atoms with E-state index in [1.165, 1.54) is 6.92 Å². The summed E-state index contributed by atoms with van der Waals surface area (Å²) >= 11 is 0. The SMILES string of the molecule is CC(=O)Nc1ccc(NC(=O)c2ccccc2C(=O)c2ccc3c(c2)OCCO3)cc1. The van der Waals surface area contributed by atoms with Crippen LogP contribution in [0, 0.1) is 0 Å². The van der Waals surface area contributed by atoms with Gasteiger partial charge in [0, 0.05) is 29.4 Å². The number of hydrogen-bond acceptors (Lipinski definition) is 5. The van der Waals surface area contributed by atoms with Crippen molar-refractivity contribution in [2.24, 2.45) is 0 Å². The normalized spacial score (nSPS) is 12.0. The summed E-state index contributed by atoms with van der Waals surface area (Å²) in [5, 5.41) is 5.45. The highest BCUT2D eigenvalue weighted by molar-refractivity contribution is 6.17. The van der Waals surface area contributed by atoms with Gasteiger partial charge in [0.15, 0.2) is 17.3 Å². The second-order valence-corrected chi connectivity index (χ2v) is 6.95. The van der Waals surface area contributed by atoms with Crippen molar-refractivity contribution in [3.63, 3.8) is 0 Å². The van der Waals surface area contributed by atoms with Gasteiger partial charge >= 0.3 is 0 Å². The molecule has 0 atom stereocenters. The molecule has 7 nitrogen and oxygen atoms in total. The highest BCUT2D eigenvalue weighted by Crippen LogP contribution is 2.31. The molecule has 0 aliphatic carbocycles. The van der Waals surface area contributed by atoms with Crippen molar-refractivity contribution in [1.29, 1.82) is 0 Å². The first-order chi connectivity index (χ1) is 15.0. The Morgan fingerprint density at radius 3 is 2.03 bits per heavy atom. The largest absolute Gasteiger partial charge is 0.486 e. The summed E-state index contributed by atoms with van der Waals surface area (Å²) in [5.41, 5.74) is 2.12. The molecule has 2 amide bonds. The van der Waals surface area contributed by atoms with E-state index in [4.69, 9.17) is 9.47 Å². The van der Waals surface area contributed by atoms with Crippen LogP contribution in [-0.2, 0) is 4.79 Å². The van der Waals surface area contributed by atoms with E-state index in [0.717, 1.165) is 0 Å². The Labute approximate surface area is 179 Å². The number of amides is 2. The number of ether oxygens (including phenoxy) is 2. The first-order valence-electron chi connectivity index (χ1n) is 9.73. The van der Waals surface area contributed by atoms with Crippen molar-refractivity contribution in [3.05, 3.63) is 83.4 Å². The third-order valence-corrected chi connectivity index (χ3v) is 4.68. The number of carbonyl (C=O) groups is 3. The molecule has 2 N–H and O–H groups in total. The quantitative estimate of drug-likeness (QED) is 0.616. The molecule has 0 spiro atoms. The minimum atomic E-state index is -0.409. The number of benzene rings is 3. The molecule has 1 heterocycles. The molecule has 0 aromatic heterocycles. The molecule has 1 aliphatic heterocycles. The molecule has 156 valence electrons. The van der Waals surface area contributed by atoms with Crippen LogP contribution in [0.5, 0.6) is 11.5 Å². The van der Waals surface area contributed by atoms with Gasteiger partial charge in [-0.15, -0.1) is 0 Å². The van der Waals surface area contributed by atoms with Crippen LogP contribution in [0.4, 0.5) is 11.4 Å². The maximum Gasteiger partial charge on any atom is 0.256 e. The van der Waals surface area contributed by atoms with Crippen molar-refractivity contribution < 1.29 is 23.9 Å². The molecule has 0 unspecified atom stereocenters. The van der Waals surface area contributed by atoms with Crippen molar-refractivity contribution in [1.82, 2.24) is 0 Å². The zero-order valence-corrected chi connectivity index (χ0v) is 16.8. The fourth-order valence-corrected chi connectivity index (χ4v) is 3.26. The number of carbonyl (C=O) groups excluding carboxylic acids is 3. The van der Waals surface area contributed by atoms with Gasteiger partial charge in [0.1, 0.15) is 13.2 Å². The lowest BCUT2D eigenvalue weighted by Gasteiger charge is -2.18. The van der Waals surface area contributed by atoms with E-state index in [-0.39, 0.29) is 22.8 Å². The van der Waals surface area contributed by atoms with E-state index in [1.807, 2.05) is 0 Å². The number of anilines is 2. The van der Waals surface area contributed by atoms with Crippen molar-refractivity contribution >= 4 is 29.0 Å². The van der Waals surface area contributed by atoms with E-state index < -0.39 is 5.91 Å². The molecule has 0 bridgehead atoms. The zero-order chi connectivity index (χ0) is 21.8. The Morgan fingerprint density at radius 2 is 1.35 bits per heavy atom. The van der Waals surface area contributed by atoms with Crippen LogP contribution in [0.15, 0.2) is 66.7 Å². The van der Waals surface area contributed by atoms with Gasteiger partial charge in [-0.05, 0) is 48.5 Å². The number of ketones is 1. The summed E-state index contributed by atoms with van der Waals surface area (Å²) in [6.45, 7) is 2.31. The Morgan fingerprint density at radius 1 is 0.742 bits per heavy atom. The van der Waals surface area contributed by atoms with Crippen LogP contribution in [0.3, 0.4) is 0 Å². The molecule has 0 saturated heterocycles. The van der Waals surface area contributed by atoms with Gasteiger partial charge < -0.3 is 20.1 Å². The number of nitrogens with one attached hydrogen (secondary N) is 2. The van der Waals surface area contributed by atoms with Crippen LogP contribution in [0.25, 0.3) is 0 Å². The predicted molar refractivity (Wildman–Crippen MR) is 116 cm³/mol. The van der Waals surface area contributed by atoms with Gasteiger partial charge in [-0.3, -0.25) is 14.4 Å². The van der Waals surface area contributed by atoms with Gasteiger partial charge in [0.25, 0.3) is 5.91 Å². The standard InChI is InChI=1S/C24H20N2O5/c1-15(27)25-17-7-9-18(10-8-17)26-24(29)20-5-3-2-4-19(20)23(28)16-6-11-21-22(14-16)31-13-12-30-21/h2-11,14H,12-13H2,1H3,(H,25,27)(H,26,29). The maximum absolute atomic E-state index is 13.1. The molecule has 31 heavy (non-hydrogen) atoms. The highest BCUT2D eigenvalue weighted by Gasteiger charge is 2.20. The Balaban J connectivity index is 1.56. The monoisotopic (exact) mass is 416 g/mol. The van der Waals surface area contributed by atoms with Crippen LogP contribution in [0.2, 0.25) is 0 Å². The number of rotatable bonds is 5. The smallest absolute Gasteiger partial charge is 0.256 e. The number of hydrogen-bond donors (Lipinski definition) is 2. The molecule has 0 fully saturated rings. The van der Waals surface area contributed by atoms with Gasteiger partial charge in [0.2, 0.25) is 5.91 Å². The Hall–Kier alpha value is -4.13. The summed E-state index contributed by atoms with van der Waals surface area (Å²) in [7, 11) is 0. The van der Waals surface area contributed by atoms with Crippen molar-refractivity contribution in [2.45, 2.75) is 6.92 Å². The second-order valence-electron chi connectivity index (χ2n) is 6.95. The summed E-state index contributed by atoms with van der Waals surface area (Å²) in [4.78, 5) is 37.2. The summed E-state index contributed by atoms with van der Waals surface area (Å²) in [6.07, 6.45) is 0. The fraction of sp³-hybridized carbons (Fsp3) is 0.125. The molecule has 3 aromatic rings. The zero-order valence-electron chi connectivity index (χ0n) is 16.8. The lowest BCUT2D eigenvalue weighted by Crippen LogP contribution is -2.18. The summed E-state index contributed by atoms with van der Waals surface area (Å²) in [5.74, 6) is 0.232. The predicted octanol–water partition coefficient (Wildman–Crippen LogP) is 3.90. The average molecular weight is 416 g/mol. The fourth-order valence-electron chi connectivity index (χ4n) is 3.26. The van der Waals surface area contributed by atoms with E-state index in [2.05, 4.69) is 10.6 Å². The molecule has 0 saturated carbocycles. The summed E-state index contributed by atoms with van der Waals surface area (Å²) in [6, 6.07) is 18.3. The van der Waals surface area contributed by atoms with Crippen LogP contribution in [-0.4, -0.2) is 30.8 Å². The van der Waals surface area contributed by atoms with Crippen LogP contribution < -0.4 is 20.1 Å². The first-order valence-corrected chi connectivity index (χ1v) is 9.73. The molecule has 4 rings (SSSR count). The van der Waals surface area contributed by atoms with Crippen molar-refractivity contribution in [2.75, 3.05) is 23.8 Å². The molecular weight excluding hydrogens is 396 g/mol. The third kappa shape index (κ3) is 4.56.